The molecule has 0 radical (unpaired) electrons. The summed E-state index contributed by atoms with van der Waals surface area (Å²) in [7, 11) is 0. The molecule has 1 atom stereocenters. The van der Waals surface area contributed by atoms with Crippen LogP contribution < -0.4 is 4.90 Å². The van der Waals surface area contributed by atoms with E-state index in [0.29, 0.717) is 17.4 Å². The molecule has 3 aliphatic rings. The van der Waals surface area contributed by atoms with E-state index in [1.54, 1.807) is 6.07 Å². The van der Waals surface area contributed by atoms with E-state index in [4.69, 9.17) is 4.74 Å². The third-order valence-corrected chi connectivity index (χ3v) is 8.31. The van der Waals surface area contributed by atoms with Crippen molar-refractivity contribution < 1.29 is 14.9 Å². The number of hydrogen-bond donors (Lipinski definition) is 2. The quantitative estimate of drug-likeness (QED) is 0.312. The maximum absolute atomic E-state index is 10.4. The first kappa shape index (κ1) is 26.4. The Morgan fingerprint density at radius 1 is 0.895 bits per heavy atom. The zero-order valence-corrected chi connectivity index (χ0v) is 22.7. The van der Waals surface area contributed by atoms with Crippen LogP contribution in [0.25, 0.3) is 0 Å². The van der Waals surface area contributed by atoms with Gasteiger partial charge in [0.2, 0.25) is 0 Å². The number of likely N-dealkylation sites (tertiary alicyclic amines) is 1. The van der Waals surface area contributed by atoms with Crippen LogP contribution in [0.3, 0.4) is 0 Å². The number of benzene rings is 2. The number of aryl methyl sites for hydroxylation is 1. The summed E-state index contributed by atoms with van der Waals surface area (Å²) in [5, 5.41) is 20.3. The van der Waals surface area contributed by atoms with Gasteiger partial charge in [0.25, 0.3) is 0 Å². The number of aromatic hydroxyl groups is 2. The lowest BCUT2D eigenvalue weighted by atomic mass is 9.79. The van der Waals surface area contributed by atoms with Gasteiger partial charge in [0.15, 0.2) is 0 Å². The fourth-order valence-corrected chi connectivity index (χ4v) is 6.26. The SMILES string of the molecule is C/C=C\C1=C(/C=C/OCCN2CCCCCC2)CN(c2cc(O)ccc2C2CCc3cc(O)ccc3C2)C1. The number of phenolic OH excluding ortho intramolecular Hbond substituents is 2. The maximum atomic E-state index is 10.4. The summed E-state index contributed by atoms with van der Waals surface area (Å²) >= 11 is 0. The van der Waals surface area contributed by atoms with Gasteiger partial charge in [-0.25, -0.2) is 0 Å². The van der Waals surface area contributed by atoms with Gasteiger partial charge in [-0.05, 0) is 110 Å². The number of ether oxygens (including phenoxy) is 1. The van der Waals surface area contributed by atoms with Crippen molar-refractivity contribution in [1.82, 2.24) is 4.90 Å². The van der Waals surface area contributed by atoms with Crippen molar-refractivity contribution in [2.24, 2.45) is 0 Å². The van der Waals surface area contributed by atoms with Crippen LogP contribution >= 0.6 is 0 Å². The van der Waals surface area contributed by atoms with Gasteiger partial charge in [-0.2, -0.15) is 0 Å². The smallest absolute Gasteiger partial charge is 0.117 e. The van der Waals surface area contributed by atoms with Crippen molar-refractivity contribution in [3.63, 3.8) is 0 Å². The molecule has 2 N–H and O–H groups in total. The molecule has 5 nitrogen and oxygen atoms in total. The number of phenols is 2. The van der Waals surface area contributed by atoms with Crippen LogP contribution in [0.5, 0.6) is 11.5 Å². The number of anilines is 1. The summed E-state index contributed by atoms with van der Waals surface area (Å²) in [6.45, 7) is 7.77. The van der Waals surface area contributed by atoms with Gasteiger partial charge in [-0.1, -0.05) is 37.1 Å². The number of nitrogens with zero attached hydrogens (tertiary/aromatic N) is 2. The Kier molecular flexibility index (Phi) is 8.75. The fourth-order valence-electron chi connectivity index (χ4n) is 6.26. The second-order valence-corrected chi connectivity index (χ2v) is 11.0. The highest BCUT2D eigenvalue weighted by Crippen LogP contribution is 2.41. The molecular weight excluding hydrogens is 472 g/mol. The van der Waals surface area contributed by atoms with Gasteiger partial charge in [0.1, 0.15) is 11.5 Å². The van der Waals surface area contributed by atoms with E-state index in [1.807, 2.05) is 24.5 Å². The molecule has 2 heterocycles. The van der Waals surface area contributed by atoms with Crippen LogP contribution in [0.1, 0.15) is 61.6 Å². The van der Waals surface area contributed by atoms with Gasteiger partial charge in [-0.15, -0.1) is 0 Å². The number of hydrogen-bond acceptors (Lipinski definition) is 5. The molecule has 5 rings (SSSR count). The zero-order valence-electron chi connectivity index (χ0n) is 22.7. The first-order chi connectivity index (χ1) is 18.6. The Labute approximate surface area is 227 Å². The molecule has 0 amide bonds. The van der Waals surface area contributed by atoms with Gasteiger partial charge in [0.05, 0.1) is 12.9 Å². The van der Waals surface area contributed by atoms with E-state index in [9.17, 15) is 10.2 Å². The Morgan fingerprint density at radius 2 is 1.63 bits per heavy atom. The molecule has 38 heavy (non-hydrogen) atoms. The number of fused-ring (bicyclic) bond motifs is 1. The van der Waals surface area contributed by atoms with Crippen molar-refractivity contribution in [2.75, 3.05) is 44.2 Å². The number of allylic oxidation sites excluding steroid dienone is 1. The lowest BCUT2D eigenvalue weighted by Gasteiger charge is -2.30. The molecule has 2 aliphatic heterocycles. The third kappa shape index (κ3) is 6.44. The van der Waals surface area contributed by atoms with Gasteiger partial charge >= 0.3 is 0 Å². The van der Waals surface area contributed by atoms with Crippen molar-refractivity contribution in [2.45, 2.75) is 57.8 Å². The van der Waals surface area contributed by atoms with Crippen LogP contribution in [-0.4, -0.2) is 54.4 Å². The molecule has 0 bridgehead atoms. The van der Waals surface area contributed by atoms with E-state index in [1.165, 1.54) is 66.6 Å². The van der Waals surface area contributed by atoms with E-state index >= 15 is 0 Å². The Hall–Kier alpha value is -3.18. The lowest BCUT2D eigenvalue weighted by Crippen LogP contribution is -2.28. The molecule has 202 valence electrons. The molecule has 1 unspecified atom stereocenters. The molecule has 2 aromatic rings. The van der Waals surface area contributed by atoms with Gasteiger partial charge in [-0.3, -0.25) is 4.90 Å². The monoisotopic (exact) mass is 514 g/mol. The summed E-state index contributed by atoms with van der Waals surface area (Å²) in [5.41, 5.74) is 7.52. The minimum atomic E-state index is 0.304. The normalized spacial score (nSPS) is 20.9. The first-order valence-corrected chi connectivity index (χ1v) is 14.3. The second kappa shape index (κ2) is 12.6. The average Bonchev–Trinajstić information content (AvgIpc) is 3.13. The molecule has 0 aromatic heterocycles. The summed E-state index contributed by atoms with van der Waals surface area (Å²) in [4.78, 5) is 4.91. The Balaban J connectivity index is 1.26. The molecule has 1 fully saturated rings. The molecule has 0 spiro atoms. The van der Waals surface area contributed by atoms with Crippen molar-refractivity contribution in [3.05, 3.63) is 88.7 Å². The largest absolute Gasteiger partial charge is 0.508 e. The minimum Gasteiger partial charge on any atom is -0.508 e. The lowest BCUT2D eigenvalue weighted by molar-refractivity contribution is 0.180. The average molecular weight is 515 g/mol. The van der Waals surface area contributed by atoms with Crippen molar-refractivity contribution >= 4 is 5.69 Å². The third-order valence-electron chi connectivity index (χ3n) is 8.31. The second-order valence-electron chi connectivity index (χ2n) is 11.0. The zero-order chi connectivity index (χ0) is 26.3. The van der Waals surface area contributed by atoms with Crippen LogP contribution in [0.15, 0.2) is 72.0 Å². The Bertz CT molecular complexity index is 1190. The van der Waals surface area contributed by atoms with Crippen LogP contribution in [-0.2, 0) is 17.6 Å². The molecule has 5 heteroatoms. The predicted octanol–water partition coefficient (Wildman–Crippen LogP) is 6.47. The highest BCUT2D eigenvalue weighted by Gasteiger charge is 2.27. The van der Waals surface area contributed by atoms with Crippen LogP contribution in [0, 0.1) is 0 Å². The summed E-state index contributed by atoms with van der Waals surface area (Å²) in [5.74, 6) is 1.03. The van der Waals surface area contributed by atoms with E-state index in [2.05, 4.69) is 47.1 Å². The van der Waals surface area contributed by atoms with Gasteiger partial charge in [0, 0.05) is 31.4 Å². The highest BCUT2D eigenvalue weighted by molar-refractivity contribution is 5.64. The van der Waals surface area contributed by atoms with Crippen LogP contribution in [0.2, 0.25) is 0 Å². The van der Waals surface area contributed by atoms with E-state index in [-0.39, 0.29) is 0 Å². The minimum absolute atomic E-state index is 0.304. The molecule has 1 saturated heterocycles. The topological polar surface area (TPSA) is 56.2 Å². The molecule has 2 aromatic carbocycles. The Morgan fingerprint density at radius 3 is 2.42 bits per heavy atom. The summed E-state index contributed by atoms with van der Waals surface area (Å²) in [6, 6.07) is 11.6. The summed E-state index contributed by atoms with van der Waals surface area (Å²) in [6.07, 6.45) is 16.6. The predicted molar refractivity (Wildman–Crippen MR) is 155 cm³/mol. The summed E-state index contributed by atoms with van der Waals surface area (Å²) < 4.78 is 5.93. The fraction of sp³-hybridized carbons (Fsp3) is 0.455. The number of rotatable bonds is 8. The van der Waals surface area contributed by atoms with Crippen molar-refractivity contribution in [1.29, 1.82) is 0 Å². The standard InChI is InChI=1S/C33H42N2O3/c1-2-7-28-23-35(24-29(28)14-18-38-19-17-34-15-5-3-4-6-16-34)33-22-31(37)12-13-32(33)27-9-8-26-21-30(36)11-10-25(26)20-27/h2,7,10-14,18,21-22,27,36-37H,3-6,8-9,15-17,19-20,23-24H2,1H3/b7-2-,18-14+. The molecule has 1 aliphatic carbocycles. The van der Waals surface area contributed by atoms with E-state index < -0.39 is 0 Å². The molecular formula is C33H42N2O3. The maximum Gasteiger partial charge on any atom is 0.117 e. The highest BCUT2D eigenvalue weighted by atomic mass is 16.5. The van der Waals surface area contributed by atoms with E-state index in [0.717, 1.165) is 51.2 Å². The first-order valence-electron chi connectivity index (χ1n) is 14.3. The van der Waals surface area contributed by atoms with Crippen LogP contribution in [0.4, 0.5) is 5.69 Å². The van der Waals surface area contributed by atoms with Gasteiger partial charge < -0.3 is 19.8 Å². The molecule has 0 saturated carbocycles. The van der Waals surface area contributed by atoms with Crippen molar-refractivity contribution in [3.8, 4) is 11.5 Å².